The number of carbonyl (C=O) groups is 2. The Morgan fingerprint density at radius 2 is 1.85 bits per heavy atom. The minimum Gasteiger partial charge on any atom is -0.480 e. The van der Waals surface area contributed by atoms with Gasteiger partial charge in [0.15, 0.2) is 5.76 Å². The van der Waals surface area contributed by atoms with Crippen molar-refractivity contribution >= 4 is 22.8 Å². The van der Waals surface area contributed by atoms with Gasteiger partial charge in [0.1, 0.15) is 6.04 Å². The van der Waals surface area contributed by atoms with Crippen LogP contribution < -0.4 is 0 Å². The SMILES string of the molecule is Cc1[nH]c2ccccc2c1[C@H](C(=O)O)N1CCN(C(=O)c2ccco2)CC1. The highest BCUT2D eigenvalue weighted by molar-refractivity contribution is 5.92. The Kier molecular flexibility index (Phi) is 4.45. The lowest BCUT2D eigenvalue weighted by atomic mass is 10.0. The van der Waals surface area contributed by atoms with Crippen LogP contribution in [0.1, 0.15) is 27.9 Å². The number of hydrogen-bond donors (Lipinski definition) is 2. The molecule has 0 bridgehead atoms. The number of H-pyrrole nitrogens is 1. The van der Waals surface area contributed by atoms with Crippen LogP contribution in [-0.4, -0.2) is 57.9 Å². The van der Waals surface area contributed by atoms with E-state index in [1.54, 1.807) is 17.0 Å². The molecule has 1 aliphatic heterocycles. The van der Waals surface area contributed by atoms with E-state index in [0.717, 1.165) is 22.2 Å². The van der Waals surface area contributed by atoms with Crippen molar-refractivity contribution in [2.75, 3.05) is 26.2 Å². The van der Waals surface area contributed by atoms with Crippen molar-refractivity contribution in [1.82, 2.24) is 14.8 Å². The molecule has 140 valence electrons. The van der Waals surface area contributed by atoms with Gasteiger partial charge in [-0.3, -0.25) is 14.5 Å². The van der Waals surface area contributed by atoms with Crippen LogP contribution in [0.3, 0.4) is 0 Å². The molecule has 0 spiro atoms. The first-order valence-corrected chi connectivity index (χ1v) is 8.93. The van der Waals surface area contributed by atoms with Crippen molar-refractivity contribution in [2.24, 2.45) is 0 Å². The molecule has 1 atom stereocenters. The Morgan fingerprint density at radius 1 is 1.11 bits per heavy atom. The molecule has 7 nitrogen and oxygen atoms in total. The lowest BCUT2D eigenvalue weighted by Gasteiger charge is -2.37. The molecule has 2 N–H and O–H groups in total. The molecule has 7 heteroatoms. The third kappa shape index (κ3) is 3.10. The normalized spacial score (nSPS) is 16.6. The predicted molar refractivity (Wildman–Crippen MR) is 99.6 cm³/mol. The van der Waals surface area contributed by atoms with Crippen LogP contribution in [0.15, 0.2) is 47.1 Å². The zero-order valence-electron chi connectivity index (χ0n) is 15.0. The number of para-hydroxylation sites is 1. The van der Waals surface area contributed by atoms with E-state index in [2.05, 4.69) is 4.98 Å². The molecule has 1 saturated heterocycles. The van der Waals surface area contributed by atoms with E-state index >= 15 is 0 Å². The number of furan rings is 1. The van der Waals surface area contributed by atoms with Crippen LogP contribution in [0.5, 0.6) is 0 Å². The molecule has 0 radical (unpaired) electrons. The van der Waals surface area contributed by atoms with Crippen LogP contribution in [0, 0.1) is 6.92 Å². The summed E-state index contributed by atoms with van der Waals surface area (Å²) in [4.78, 5) is 31.5. The van der Waals surface area contributed by atoms with Gasteiger partial charge in [-0.1, -0.05) is 18.2 Å². The first-order chi connectivity index (χ1) is 13.1. The fraction of sp³-hybridized carbons (Fsp3) is 0.300. The molecular formula is C20H21N3O4. The number of nitrogens with zero attached hydrogens (tertiary/aromatic N) is 2. The molecule has 1 fully saturated rings. The van der Waals surface area contributed by atoms with Gasteiger partial charge < -0.3 is 19.4 Å². The van der Waals surface area contributed by atoms with E-state index in [4.69, 9.17) is 4.42 Å². The van der Waals surface area contributed by atoms with Gasteiger partial charge in [0.2, 0.25) is 0 Å². The molecule has 1 aliphatic rings. The Morgan fingerprint density at radius 3 is 2.52 bits per heavy atom. The number of aromatic amines is 1. The number of aromatic nitrogens is 1. The summed E-state index contributed by atoms with van der Waals surface area (Å²) < 4.78 is 5.18. The molecule has 1 aromatic carbocycles. The van der Waals surface area contributed by atoms with Gasteiger partial charge in [0, 0.05) is 48.3 Å². The van der Waals surface area contributed by atoms with E-state index in [-0.39, 0.29) is 5.91 Å². The smallest absolute Gasteiger partial charge is 0.325 e. The van der Waals surface area contributed by atoms with Gasteiger partial charge in [-0.05, 0) is 25.1 Å². The van der Waals surface area contributed by atoms with Crippen LogP contribution in [0.4, 0.5) is 0 Å². The topological polar surface area (TPSA) is 89.8 Å². The second kappa shape index (κ2) is 6.92. The molecule has 3 heterocycles. The summed E-state index contributed by atoms with van der Waals surface area (Å²) in [6.45, 7) is 3.81. The third-order valence-corrected chi connectivity index (χ3v) is 5.15. The lowest BCUT2D eigenvalue weighted by molar-refractivity contribution is -0.144. The van der Waals surface area contributed by atoms with Gasteiger partial charge in [-0.2, -0.15) is 0 Å². The first-order valence-electron chi connectivity index (χ1n) is 8.93. The summed E-state index contributed by atoms with van der Waals surface area (Å²) >= 11 is 0. The minimum atomic E-state index is -0.881. The molecule has 4 rings (SSSR count). The summed E-state index contributed by atoms with van der Waals surface area (Å²) in [5.41, 5.74) is 2.59. The molecule has 0 saturated carbocycles. The average molecular weight is 367 g/mol. The number of nitrogens with one attached hydrogen (secondary N) is 1. The predicted octanol–water partition coefficient (Wildman–Crippen LogP) is 2.65. The average Bonchev–Trinajstić information content (AvgIpc) is 3.30. The van der Waals surface area contributed by atoms with Crippen molar-refractivity contribution in [3.05, 3.63) is 59.7 Å². The summed E-state index contributed by atoms with van der Waals surface area (Å²) in [5.74, 6) is -0.728. The number of hydrogen-bond acceptors (Lipinski definition) is 4. The van der Waals surface area contributed by atoms with Gasteiger partial charge in [-0.25, -0.2) is 0 Å². The molecule has 1 amide bonds. The van der Waals surface area contributed by atoms with Crippen LogP contribution in [0.25, 0.3) is 10.9 Å². The zero-order valence-corrected chi connectivity index (χ0v) is 15.0. The Balaban J connectivity index is 1.57. The number of carbonyl (C=O) groups excluding carboxylic acids is 1. The highest BCUT2D eigenvalue weighted by Gasteiger charge is 2.34. The van der Waals surface area contributed by atoms with Gasteiger partial charge >= 0.3 is 5.97 Å². The van der Waals surface area contributed by atoms with Crippen LogP contribution in [0.2, 0.25) is 0 Å². The van der Waals surface area contributed by atoms with E-state index < -0.39 is 12.0 Å². The molecule has 0 unspecified atom stereocenters. The number of carboxylic acids is 1. The van der Waals surface area contributed by atoms with Gasteiger partial charge in [0.05, 0.1) is 6.26 Å². The molecular weight excluding hydrogens is 346 g/mol. The Hall–Kier alpha value is -3.06. The number of rotatable bonds is 4. The molecule has 0 aliphatic carbocycles. The quantitative estimate of drug-likeness (QED) is 0.740. The van der Waals surface area contributed by atoms with E-state index in [1.165, 1.54) is 6.26 Å². The van der Waals surface area contributed by atoms with Crippen molar-refractivity contribution in [3.8, 4) is 0 Å². The standard InChI is InChI=1S/C20H21N3O4/c1-13-17(14-5-2-3-6-15(14)21-13)18(20(25)26)22-8-10-23(11-9-22)19(24)16-7-4-12-27-16/h2-7,12,18,21H,8-11H2,1H3,(H,25,26)/t18-/m1/s1. The van der Waals surface area contributed by atoms with E-state index in [1.807, 2.05) is 36.1 Å². The van der Waals surface area contributed by atoms with E-state index in [9.17, 15) is 14.7 Å². The second-order valence-corrected chi connectivity index (χ2v) is 6.76. The van der Waals surface area contributed by atoms with Crippen molar-refractivity contribution in [2.45, 2.75) is 13.0 Å². The maximum atomic E-state index is 12.4. The number of fused-ring (bicyclic) bond motifs is 1. The zero-order chi connectivity index (χ0) is 19.0. The van der Waals surface area contributed by atoms with Crippen LogP contribution >= 0.6 is 0 Å². The Labute approximate surface area is 156 Å². The first kappa shape index (κ1) is 17.4. The fourth-order valence-electron chi connectivity index (χ4n) is 3.85. The Bertz CT molecular complexity index is 968. The summed E-state index contributed by atoms with van der Waals surface area (Å²) in [7, 11) is 0. The lowest BCUT2D eigenvalue weighted by Crippen LogP contribution is -2.51. The highest BCUT2D eigenvalue weighted by Crippen LogP contribution is 2.32. The van der Waals surface area contributed by atoms with E-state index in [0.29, 0.717) is 31.9 Å². The summed E-state index contributed by atoms with van der Waals surface area (Å²) in [6.07, 6.45) is 1.48. The van der Waals surface area contributed by atoms with Crippen molar-refractivity contribution in [1.29, 1.82) is 0 Å². The monoisotopic (exact) mass is 367 g/mol. The highest BCUT2D eigenvalue weighted by atomic mass is 16.4. The maximum absolute atomic E-state index is 12.4. The van der Waals surface area contributed by atoms with Gasteiger partial charge in [0.25, 0.3) is 5.91 Å². The molecule has 2 aromatic heterocycles. The largest absolute Gasteiger partial charge is 0.480 e. The summed E-state index contributed by atoms with van der Waals surface area (Å²) in [5, 5.41) is 10.9. The fourth-order valence-corrected chi connectivity index (χ4v) is 3.85. The third-order valence-electron chi connectivity index (χ3n) is 5.15. The molecule has 27 heavy (non-hydrogen) atoms. The van der Waals surface area contributed by atoms with Crippen molar-refractivity contribution < 1.29 is 19.1 Å². The van der Waals surface area contributed by atoms with Gasteiger partial charge in [-0.15, -0.1) is 0 Å². The maximum Gasteiger partial charge on any atom is 0.325 e. The summed E-state index contributed by atoms with van der Waals surface area (Å²) in [6, 6.07) is 10.3. The van der Waals surface area contributed by atoms with Crippen LogP contribution in [-0.2, 0) is 4.79 Å². The number of aryl methyl sites for hydroxylation is 1. The second-order valence-electron chi connectivity index (χ2n) is 6.76. The number of aliphatic carboxylic acids is 1. The number of carboxylic acid groups (broad SMARTS) is 1. The number of amides is 1. The number of piperazine rings is 1. The minimum absolute atomic E-state index is 0.158. The number of benzene rings is 1. The molecule has 3 aromatic rings. The van der Waals surface area contributed by atoms with Crippen molar-refractivity contribution in [3.63, 3.8) is 0 Å².